The van der Waals surface area contributed by atoms with E-state index in [1.54, 1.807) is 12.1 Å². The molecule has 1 aliphatic rings. The Balaban J connectivity index is 1.93. The summed E-state index contributed by atoms with van der Waals surface area (Å²) in [6, 6.07) is 5.39. The van der Waals surface area contributed by atoms with Crippen molar-refractivity contribution in [2.75, 3.05) is 13.1 Å². The van der Waals surface area contributed by atoms with Crippen LogP contribution in [0.3, 0.4) is 0 Å². The second-order valence-electron chi connectivity index (χ2n) is 4.00. The predicted octanol–water partition coefficient (Wildman–Crippen LogP) is 1.11. The van der Waals surface area contributed by atoms with Gasteiger partial charge in [-0.25, -0.2) is 0 Å². The number of ether oxygens (including phenoxy) is 1. The van der Waals surface area contributed by atoms with Crippen LogP contribution < -0.4 is 15.8 Å². The molecule has 1 aromatic rings. The molecule has 1 unspecified atom stereocenters. The molecule has 0 saturated carbocycles. The van der Waals surface area contributed by atoms with Gasteiger partial charge in [0.15, 0.2) is 6.10 Å². The molecule has 17 heavy (non-hydrogen) atoms. The fraction of sp³-hybridized carbons (Fsp3) is 0.417. The van der Waals surface area contributed by atoms with Crippen LogP contribution in [-0.2, 0) is 11.2 Å². The Kier molecular flexibility index (Phi) is 3.86. The first-order valence-corrected chi connectivity index (χ1v) is 6.01. The summed E-state index contributed by atoms with van der Waals surface area (Å²) in [5.41, 5.74) is 6.34. The van der Waals surface area contributed by atoms with Gasteiger partial charge in [0.05, 0.1) is 0 Å². The van der Waals surface area contributed by atoms with Crippen LogP contribution in [-0.4, -0.2) is 25.1 Å². The highest BCUT2D eigenvalue weighted by Crippen LogP contribution is 2.30. The van der Waals surface area contributed by atoms with E-state index >= 15 is 0 Å². The summed E-state index contributed by atoms with van der Waals surface area (Å²) in [4.78, 5) is 11.8. The number of benzene rings is 1. The molecule has 5 heteroatoms. The molecule has 0 saturated heterocycles. The molecule has 3 N–H and O–H groups in total. The molecule has 0 aromatic heterocycles. The van der Waals surface area contributed by atoms with Gasteiger partial charge in [0, 0.05) is 18.0 Å². The normalized spacial score (nSPS) is 17.4. The van der Waals surface area contributed by atoms with Crippen molar-refractivity contribution in [2.24, 2.45) is 5.73 Å². The average molecular weight is 255 g/mol. The number of hydrogen-bond acceptors (Lipinski definition) is 3. The Morgan fingerprint density at radius 3 is 3.18 bits per heavy atom. The lowest BCUT2D eigenvalue weighted by molar-refractivity contribution is -0.127. The van der Waals surface area contributed by atoms with E-state index in [2.05, 4.69) is 5.32 Å². The first kappa shape index (κ1) is 12.2. The lowest BCUT2D eigenvalue weighted by Gasteiger charge is -2.10. The lowest BCUT2D eigenvalue weighted by Crippen LogP contribution is -2.38. The SMILES string of the molecule is NCCCNC(=O)C1Cc2cc(Cl)ccc2O1. The maximum Gasteiger partial charge on any atom is 0.261 e. The zero-order valence-electron chi connectivity index (χ0n) is 9.41. The molecule has 0 radical (unpaired) electrons. The van der Waals surface area contributed by atoms with Crippen LogP contribution in [0.4, 0.5) is 0 Å². The number of halogens is 1. The smallest absolute Gasteiger partial charge is 0.261 e. The molecule has 0 aliphatic carbocycles. The van der Waals surface area contributed by atoms with Crippen LogP contribution in [0.25, 0.3) is 0 Å². The molecule has 1 heterocycles. The number of nitrogens with two attached hydrogens (primary N) is 1. The van der Waals surface area contributed by atoms with Crippen molar-refractivity contribution >= 4 is 17.5 Å². The van der Waals surface area contributed by atoms with Gasteiger partial charge in [0.2, 0.25) is 0 Å². The molecular formula is C12H15ClN2O2. The van der Waals surface area contributed by atoms with Gasteiger partial charge in [-0.2, -0.15) is 0 Å². The molecule has 1 aliphatic heterocycles. The molecule has 0 spiro atoms. The standard InChI is InChI=1S/C12H15ClN2O2/c13-9-2-3-10-8(6-9)7-11(17-10)12(16)15-5-1-4-14/h2-3,6,11H,1,4-5,7,14H2,(H,15,16). The lowest BCUT2D eigenvalue weighted by atomic mass is 10.1. The average Bonchev–Trinajstić information content (AvgIpc) is 2.72. The van der Waals surface area contributed by atoms with Gasteiger partial charge in [-0.05, 0) is 36.7 Å². The number of carbonyl (C=O) groups is 1. The van der Waals surface area contributed by atoms with Crippen LogP contribution in [0.2, 0.25) is 5.02 Å². The van der Waals surface area contributed by atoms with Gasteiger partial charge in [0.25, 0.3) is 5.91 Å². The van der Waals surface area contributed by atoms with Crippen molar-refractivity contribution in [3.63, 3.8) is 0 Å². The molecule has 0 bridgehead atoms. The van der Waals surface area contributed by atoms with Crippen LogP contribution in [0.5, 0.6) is 5.75 Å². The first-order chi connectivity index (χ1) is 8.20. The third-order valence-corrected chi connectivity index (χ3v) is 2.90. The summed E-state index contributed by atoms with van der Waals surface area (Å²) in [6.07, 6.45) is 0.906. The number of nitrogens with one attached hydrogen (secondary N) is 1. The van der Waals surface area contributed by atoms with Gasteiger partial charge in [-0.3, -0.25) is 4.79 Å². The Morgan fingerprint density at radius 2 is 2.41 bits per heavy atom. The summed E-state index contributed by atoms with van der Waals surface area (Å²) in [5, 5.41) is 3.46. The highest BCUT2D eigenvalue weighted by molar-refractivity contribution is 6.30. The van der Waals surface area contributed by atoms with E-state index in [4.69, 9.17) is 22.1 Å². The summed E-state index contributed by atoms with van der Waals surface area (Å²) in [6.45, 7) is 1.16. The number of carbonyl (C=O) groups excluding carboxylic acids is 1. The first-order valence-electron chi connectivity index (χ1n) is 5.63. The maximum absolute atomic E-state index is 11.8. The Labute approximate surface area is 105 Å². The third-order valence-electron chi connectivity index (χ3n) is 2.67. The van der Waals surface area contributed by atoms with E-state index in [-0.39, 0.29) is 5.91 Å². The van der Waals surface area contributed by atoms with Crippen LogP contribution >= 0.6 is 11.6 Å². The Morgan fingerprint density at radius 1 is 1.59 bits per heavy atom. The third kappa shape index (κ3) is 2.90. The summed E-state index contributed by atoms with van der Waals surface area (Å²) in [7, 11) is 0. The second-order valence-corrected chi connectivity index (χ2v) is 4.43. The van der Waals surface area contributed by atoms with Gasteiger partial charge in [-0.1, -0.05) is 11.6 Å². The Bertz CT molecular complexity index is 423. The van der Waals surface area contributed by atoms with Crippen molar-refractivity contribution in [1.29, 1.82) is 0 Å². The minimum absolute atomic E-state index is 0.0919. The molecule has 92 valence electrons. The van der Waals surface area contributed by atoms with Gasteiger partial charge >= 0.3 is 0 Å². The van der Waals surface area contributed by atoms with Gasteiger partial charge in [-0.15, -0.1) is 0 Å². The minimum atomic E-state index is -0.443. The zero-order valence-corrected chi connectivity index (χ0v) is 10.2. The van der Waals surface area contributed by atoms with E-state index in [1.165, 1.54) is 0 Å². The van der Waals surface area contributed by atoms with Crippen LogP contribution in [0.15, 0.2) is 18.2 Å². The van der Waals surface area contributed by atoms with E-state index in [0.717, 1.165) is 17.7 Å². The summed E-state index contributed by atoms with van der Waals surface area (Å²) in [5.74, 6) is 0.652. The second kappa shape index (κ2) is 5.38. The molecule has 1 aromatic carbocycles. The van der Waals surface area contributed by atoms with Gasteiger partial charge in [0.1, 0.15) is 5.75 Å². The van der Waals surface area contributed by atoms with E-state index in [0.29, 0.717) is 24.5 Å². The largest absolute Gasteiger partial charge is 0.480 e. The Hall–Kier alpha value is -1.26. The fourth-order valence-corrected chi connectivity index (χ4v) is 1.99. The van der Waals surface area contributed by atoms with Crippen molar-refractivity contribution in [2.45, 2.75) is 18.9 Å². The predicted molar refractivity (Wildman–Crippen MR) is 66.3 cm³/mol. The van der Waals surface area contributed by atoms with E-state index < -0.39 is 6.10 Å². The quantitative estimate of drug-likeness (QED) is 0.791. The van der Waals surface area contributed by atoms with Crippen molar-refractivity contribution in [1.82, 2.24) is 5.32 Å². The summed E-state index contributed by atoms with van der Waals surface area (Å²) < 4.78 is 5.55. The molecule has 1 atom stereocenters. The molecule has 4 nitrogen and oxygen atoms in total. The molecule has 0 fully saturated rings. The minimum Gasteiger partial charge on any atom is -0.480 e. The van der Waals surface area contributed by atoms with Crippen molar-refractivity contribution < 1.29 is 9.53 Å². The summed E-state index contributed by atoms with van der Waals surface area (Å²) >= 11 is 5.88. The number of hydrogen-bond donors (Lipinski definition) is 2. The maximum atomic E-state index is 11.8. The monoisotopic (exact) mass is 254 g/mol. The molecular weight excluding hydrogens is 240 g/mol. The molecule has 1 amide bonds. The van der Waals surface area contributed by atoms with Crippen LogP contribution in [0.1, 0.15) is 12.0 Å². The molecule has 2 rings (SSSR count). The number of rotatable bonds is 4. The van der Waals surface area contributed by atoms with Crippen molar-refractivity contribution in [3.8, 4) is 5.75 Å². The van der Waals surface area contributed by atoms with E-state index in [9.17, 15) is 4.79 Å². The number of fused-ring (bicyclic) bond motifs is 1. The van der Waals surface area contributed by atoms with Crippen LogP contribution in [0, 0.1) is 0 Å². The number of amides is 1. The highest BCUT2D eigenvalue weighted by Gasteiger charge is 2.28. The highest BCUT2D eigenvalue weighted by atomic mass is 35.5. The van der Waals surface area contributed by atoms with Crippen molar-refractivity contribution in [3.05, 3.63) is 28.8 Å². The topological polar surface area (TPSA) is 64.3 Å². The van der Waals surface area contributed by atoms with E-state index in [1.807, 2.05) is 6.07 Å². The fourth-order valence-electron chi connectivity index (χ4n) is 1.79. The zero-order chi connectivity index (χ0) is 12.3. The van der Waals surface area contributed by atoms with Gasteiger partial charge < -0.3 is 15.8 Å².